The number of nitrogens with zero attached hydrogens (tertiary/aromatic N) is 4. The van der Waals surface area contributed by atoms with Crippen molar-refractivity contribution in [3.63, 3.8) is 0 Å². The molecule has 5 heterocycles. The van der Waals surface area contributed by atoms with Crippen molar-refractivity contribution in [3.05, 3.63) is 0 Å². The largest absolute Gasteiger partial charge is 0.392 e. The molecule has 1 N–H and O–H groups in total. The van der Waals surface area contributed by atoms with Crippen LogP contribution in [0.5, 0.6) is 0 Å². The molecule has 5 aliphatic rings. The van der Waals surface area contributed by atoms with E-state index in [9.17, 15) is 19.5 Å². The van der Waals surface area contributed by atoms with Crippen LogP contribution in [0.4, 0.5) is 0 Å². The highest BCUT2D eigenvalue weighted by molar-refractivity contribution is 6.06. The number of ether oxygens (including phenoxy) is 1. The van der Waals surface area contributed by atoms with Gasteiger partial charge in [-0.1, -0.05) is 0 Å². The molecule has 0 bridgehead atoms. The number of carbonyl (C=O) groups is 3. The number of aliphatic hydroxyl groups excluding tert-OH is 1. The number of piperazine rings is 1. The van der Waals surface area contributed by atoms with E-state index in [2.05, 4.69) is 4.90 Å². The Morgan fingerprint density at radius 2 is 1.87 bits per heavy atom. The molecule has 0 unspecified atom stereocenters. The smallest absolute Gasteiger partial charge is 0.252 e. The van der Waals surface area contributed by atoms with E-state index in [4.69, 9.17) is 4.74 Å². The van der Waals surface area contributed by atoms with Crippen molar-refractivity contribution in [3.8, 4) is 0 Å². The average Bonchev–Trinajstić information content (AvgIpc) is 3.30. The molecule has 9 heteroatoms. The Balaban J connectivity index is 1.28. The van der Waals surface area contributed by atoms with Crippen LogP contribution in [0, 0.1) is 0 Å². The van der Waals surface area contributed by atoms with Gasteiger partial charge in [-0.05, 0) is 32.1 Å². The lowest BCUT2D eigenvalue weighted by atomic mass is 9.80. The van der Waals surface area contributed by atoms with Crippen LogP contribution in [0.25, 0.3) is 0 Å². The molecule has 0 radical (unpaired) electrons. The predicted molar refractivity (Wildman–Crippen MR) is 106 cm³/mol. The quantitative estimate of drug-likeness (QED) is 0.573. The summed E-state index contributed by atoms with van der Waals surface area (Å²) in [4.78, 5) is 46.1. The standard InChI is InChI=1S/C21H32N4O5/c26-16-11-17-19(28)24(8-2-7-22-6-1-3-18(22)27)20(29)21(25(17)12-16)13-23(14-21)15-4-9-30-10-5-15/h15-17,26H,1-14H2/t16-,17+/m1/s1. The Morgan fingerprint density at radius 1 is 1.10 bits per heavy atom. The van der Waals surface area contributed by atoms with Gasteiger partial charge in [-0.15, -0.1) is 0 Å². The zero-order valence-corrected chi connectivity index (χ0v) is 17.5. The van der Waals surface area contributed by atoms with Crippen LogP contribution in [-0.2, 0) is 19.1 Å². The number of hydrogen-bond acceptors (Lipinski definition) is 7. The number of rotatable bonds is 5. The number of imide groups is 1. The summed E-state index contributed by atoms with van der Waals surface area (Å²) in [6.45, 7) is 4.85. The van der Waals surface area contributed by atoms with E-state index < -0.39 is 17.7 Å². The van der Waals surface area contributed by atoms with Gasteiger partial charge in [0.2, 0.25) is 11.8 Å². The highest BCUT2D eigenvalue weighted by Crippen LogP contribution is 2.42. The van der Waals surface area contributed by atoms with Crippen LogP contribution in [0.1, 0.15) is 38.5 Å². The molecule has 0 aliphatic carbocycles. The molecule has 9 nitrogen and oxygen atoms in total. The lowest BCUT2D eigenvalue weighted by molar-refractivity contribution is -0.184. The Hall–Kier alpha value is -1.55. The van der Waals surface area contributed by atoms with Crippen molar-refractivity contribution in [2.75, 3.05) is 52.5 Å². The molecule has 5 rings (SSSR count). The number of carbonyl (C=O) groups excluding carboxylic acids is 3. The van der Waals surface area contributed by atoms with E-state index >= 15 is 0 Å². The summed E-state index contributed by atoms with van der Waals surface area (Å²) < 4.78 is 5.47. The molecule has 5 saturated heterocycles. The zero-order valence-electron chi connectivity index (χ0n) is 17.5. The number of fused-ring (bicyclic) bond motifs is 2. The van der Waals surface area contributed by atoms with Gasteiger partial charge in [0.05, 0.1) is 12.1 Å². The molecule has 0 saturated carbocycles. The monoisotopic (exact) mass is 420 g/mol. The maximum absolute atomic E-state index is 13.6. The van der Waals surface area contributed by atoms with Crippen molar-refractivity contribution in [1.82, 2.24) is 19.6 Å². The van der Waals surface area contributed by atoms with E-state index in [0.717, 1.165) is 39.0 Å². The highest BCUT2D eigenvalue weighted by atomic mass is 16.5. The van der Waals surface area contributed by atoms with Gasteiger partial charge >= 0.3 is 0 Å². The van der Waals surface area contributed by atoms with Crippen molar-refractivity contribution >= 4 is 17.7 Å². The first-order chi connectivity index (χ1) is 14.5. The second-order valence-electron chi connectivity index (χ2n) is 9.47. The fraction of sp³-hybridized carbons (Fsp3) is 0.857. The van der Waals surface area contributed by atoms with Gasteiger partial charge in [0, 0.05) is 64.9 Å². The maximum atomic E-state index is 13.6. The van der Waals surface area contributed by atoms with Crippen LogP contribution in [0.15, 0.2) is 0 Å². The SMILES string of the molecule is O=C1CCCN1CCCN1C(=O)[C@@H]2C[C@@H](O)CN2C2(CN(C3CCOCC3)C2)C1=O. The second-order valence-corrected chi connectivity index (χ2v) is 9.47. The summed E-state index contributed by atoms with van der Waals surface area (Å²) in [6, 6.07) is 0.0124. The van der Waals surface area contributed by atoms with E-state index in [1.165, 1.54) is 4.90 Å². The van der Waals surface area contributed by atoms with E-state index in [1.807, 2.05) is 9.80 Å². The van der Waals surface area contributed by atoms with E-state index in [0.29, 0.717) is 58.0 Å². The maximum Gasteiger partial charge on any atom is 0.252 e. The third kappa shape index (κ3) is 3.26. The summed E-state index contributed by atoms with van der Waals surface area (Å²) in [5.74, 6) is -0.132. The van der Waals surface area contributed by atoms with E-state index in [1.54, 1.807) is 0 Å². The van der Waals surface area contributed by atoms with E-state index in [-0.39, 0.29) is 17.7 Å². The number of likely N-dealkylation sites (tertiary alicyclic amines) is 2. The number of amides is 3. The first kappa shape index (κ1) is 20.4. The average molecular weight is 421 g/mol. The molecule has 1 spiro atoms. The molecule has 0 aromatic rings. The lowest BCUT2D eigenvalue weighted by Crippen LogP contribution is -2.82. The normalized spacial score (nSPS) is 32.9. The fourth-order valence-electron chi connectivity index (χ4n) is 6.00. The molecular weight excluding hydrogens is 388 g/mol. The first-order valence-corrected chi connectivity index (χ1v) is 11.4. The summed E-state index contributed by atoms with van der Waals surface area (Å²) >= 11 is 0. The predicted octanol–water partition coefficient (Wildman–Crippen LogP) is -0.964. The Morgan fingerprint density at radius 3 is 2.57 bits per heavy atom. The fourth-order valence-corrected chi connectivity index (χ4v) is 6.00. The highest BCUT2D eigenvalue weighted by Gasteiger charge is 2.64. The Bertz CT molecular complexity index is 718. The van der Waals surface area contributed by atoms with Crippen molar-refractivity contribution in [2.24, 2.45) is 0 Å². The molecule has 5 aliphatic heterocycles. The third-order valence-corrected chi connectivity index (χ3v) is 7.64. The first-order valence-electron chi connectivity index (χ1n) is 11.4. The number of aliphatic hydroxyl groups is 1. The molecule has 3 amide bonds. The number of hydrogen-bond donors (Lipinski definition) is 1. The van der Waals surface area contributed by atoms with Crippen LogP contribution < -0.4 is 0 Å². The zero-order chi connectivity index (χ0) is 20.9. The van der Waals surface area contributed by atoms with Crippen LogP contribution in [0.2, 0.25) is 0 Å². The second kappa shape index (κ2) is 7.85. The minimum atomic E-state index is -0.697. The summed E-state index contributed by atoms with van der Waals surface area (Å²) in [6.07, 6.45) is 3.88. The summed E-state index contributed by atoms with van der Waals surface area (Å²) in [5, 5.41) is 10.3. The van der Waals surface area contributed by atoms with Gasteiger partial charge in [-0.2, -0.15) is 0 Å². The third-order valence-electron chi connectivity index (χ3n) is 7.64. The topological polar surface area (TPSA) is 93.6 Å². The molecule has 166 valence electrons. The molecule has 0 aromatic heterocycles. The molecular formula is C21H32N4O5. The van der Waals surface area contributed by atoms with Gasteiger partial charge < -0.3 is 14.7 Å². The minimum absolute atomic E-state index is 0.117. The molecule has 0 aromatic carbocycles. The van der Waals surface area contributed by atoms with Gasteiger partial charge in [-0.25, -0.2) is 0 Å². The van der Waals surface area contributed by atoms with Crippen LogP contribution >= 0.6 is 0 Å². The molecule has 2 atom stereocenters. The van der Waals surface area contributed by atoms with Gasteiger partial charge in [0.1, 0.15) is 5.54 Å². The molecule has 5 fully saturated rings. The van der Waals surface area contributed by atoms with Gasteiger partial charge in [-0.3, -0.25) is 29.1 Å². The Labute approximate surface area is 176 Å². The molecule has 30 heavy (non-hydrogen) atoms. The summed E-state index contributed by atoms with van der Waals surface area (Å²) in [7, 11) is 0. The van der Waals surface area contributed by atoms with Crippen molar-refractivity contribution in [2.45, 2.75) is 62.3 Å². The van der Waals surface area contributed by atoms with Gasteiger partial charge in [0.25, 0.3) is 5.91 Å². The van der Waals surface area contributed by atoms with Crippen molar-refractivity contribution in [1.29, 1.82) is 0 Å². The van der Waals surface area contributed by atoms with Gasteiger partial charge in [0.15, 0.2) is 0 Å². The van der Waals surface area contributed by atoms with Crippen LogP contribution in [-0.4, -0.2) is 119 Å². The Kier molecular flexibility index (Phi) is 5.33. The minimum Gasteiger partial charge on any atom is -0.392 e. The lowest BCUT2D eigenvalue weighted by Gasteiger charge is -2.60. The summed E-state index contributed by atoms with van der Waals surface area (Å²) in [5.41, 5.74) is -0.697. The van der Waals surface area contributed by atoms with Crippen LogP contribution in [0.3, 0.4) is 0 Å². The van der Waals surface area contributed by atoms with Crippen molar-refractivity contribution < 1.29 is 24.2 Å². The number of β-amino-alcohol motifs (C(OH)–C–C–N with tert-alkyl or cyclic N) is 1.